The maximum absolute atomic E-state index is 12.7. The molecule has 140 valence electrons. The van der Waals surface area contributed by atoms with Crippen molar-refractivity contribution in [1.82, 2.24) is 15.2 Å². The highest BCUT2D eigenvalue weighted by atomic mass is 16.2. The molecule has 0 saturated carbocycles. The maximum Gasteiger partial charge on any atom is 0.272 e. The molecule has 3 rings (SSSR count). The average molecular weight is 355 g/mol. The highest BCUT2D eigenvalue weighted by Crippen LogP contribution is 2.19. The second-order valence-electron chi connectivity index (χ2n) is 7.25. The molecule has 1 saturated heterocycles. The Hall–Kier alpha value is -2.17. The van der Waals surface area contributed by atoms with Gasteiger partial charge in [-0.2, -0.15) is 0 Å². The van der Waals surface area contributed by atoms with Crippen molar-refractivity contribution >= 4 is 11.8 Å². The van der Waals surface area contributed by atoms with E-state index in [0.29, 0.717) is 17.8 Å². The second kappa shape index (κ2) is 9.51. The zero-order valence-electron chi connectivity index (χ0n) is 15.5. The Balaban J connectivity index is 1.56. The Morgan fingerprint density at radius 3 is 2.62 bits per heavy atom. The molecule has 1 aromatic heterocycles. The highest BCUT2D eigenvalue weighted by molar-refractivity contribution is 5.98. The summed E-state index contributed by atoms with van der Waals surface area (Å²) in [5, 5.41) is 2.97. The number of hydrogen-bond acceptors (Lipinski definition) is 3. The van der Waals surface area contributed by atoms with Gasteiger partial charge in [0.25, 0.3) is 11.8 Å². The Kier molecular flexibility index (Phi) is 6.81. The van der Waals surface area contributed by atoms with Gasteiger partial charge in [0.15, 0.2) is 0 Å². The summed E-state index contributed by atoms with van der Waals surface area (Å²) in [6.45, 7) is 2.21. The number of carbonyl (C=O) groups is 2. The molecule has 0 aromatic carbocycles. The summed E-state index contributed by atoms with van der Waals surface area (Å²) in [5.41, 5.74) is 2.33. The number of nitrogens with zero attached hydrogens (tertiary/aromatic N) is 2. The van der Waals surface area contributed by atoms with E-state index in [0.717, 1.165) is 45.2 Å². The molecule has 1 N–H and O–H groups in total. The minimum atomic E-state index is -0.131. The summed E-state index contributed by atoms with van der Waals surface area (Å²) in [6, 6.07) is 3.30. The molecule has 1 aliphatic carbocycles. The predicted molar refractivity (Wildman–Crippen MR) is 102 cm³/mol. The van der Waals surface area contributed by atoms with E-state index in [9.17, 15) is 9.59 Å². The summed E-state index contributed by atoms with van der Waals surface area (Å²) < 4.78 is 0. The SMILES string of the molecule is O=C(NCCC1=CCCCC1)c1ccnc(C(=O)N2CCCCCC2)c1. The van der Waals surface area contributed by atoms with E-state index >= 15 is 0 Å². The maximum atomic E-state index is 12.7. The lowest BCUT2D eigenvalue weighted by molar-refractivity contribution is 0.0755. The average Bonchev–Trinajstić information content (AvgIpc) is 2.98. The molecule has 26 heavy (non-hydrogen) atoms. The van der Waals surface area contributed by atoms with Crippen LogP contribution in [0.1, 0.15) is 78.6 Å². The van der Waals surface area contributed by atoms with Gasteiger partial charge in [0, 0.05) is 31.4 Å². The van der Waals surface area contributed by atoms with Gasteiger partial charge in [-0.05, 0) is 57.1 Å². The molecule has 2 aliphatic rings. The van der Waals surface area contributed by atoms with E-state index in [4.69, 9.17) is 0 Å². The van der Waals surface area contributed by atoms with E-state index in [1.807, 2.05) is 4.90 Å². The first kappa shape index (κ1) is 18.6. The van der Waals surface area contributed by atoms with Crippen LogP contribution in [0, 0.1) is 0 Å². The molecule has 5 heteroatoms. The topological polar surface area (TPSA) is 62.3 Å². The van der Waals surface area contributed by atoms with Crippen molar-refractivity contribution in [2.24, 2.45) is 0 Å². The fourth-order valence-electron chi connectivity index (χ4n) is 3.69. The normalized spacial score (nSPS) is 18.0. The second-order valence-corrected chi connectivity index (χ2v) is 7.25. The van der Waals surface area contributed by atoms with Gasteiger partial charge in [-0.25, -0.2) is 0 Å². The fraction of sp³-hybridized carbons (Fsp3) is 0.571. The first-order chi connectivity index (χ1) is 12.7. The monoisotopic (exact) mass is 355 g/mol. The number of allylic oxidation sites excluding steroid dienone is 1. The summed E-state index contributed by atoms with van der Waals surface area (Å²) in [6.07, 6.45) is 14.1. The van der Waals surface area contributed by atoms with Crippen molar-refractivity contribution in [2.75, 3.05) is 19.6 Å². The molecular weight excluding hydrogens is 326 g/mol. The number of aromatic nitrogens is 1. The molecular formula is C21H29N3O2. The summed E-state index contributed by atoms with van der Waals surface area (Å²) in [4.78, 5) is 31.1. The number of pyridine rings is 1. The molecule has 0 radical (unpaired) electrons. The molecule has 1 aliphatic heterocycles. The lowest BCUT2D eigenvalue weighted by Gasteiger charge is -2.19. The predicted octanol–water partition coefficient (Wildman–Crippen LogP) is 3.72. The summed E-state index contributed by atoms with van der Waals surface area (Å²) in [5.74, 6) is -0.192. The Morgan fingerprint density at radius 2 is 1.88 bits per heavy atom. The first-order valence-electron chi connectivity index (χ1n) is 9.95. The van der Waals surface area contributed by atoms with Gasteiger partial charge in [-0.1, -0.05) is 24.5 Å². The molecule has 0 bridgehead atoms. The molecule has 2 amide bonds. The van der Waals surface area contributed by atoms with Gasteiger partial charge in [0.05, 0.1) is 0 Å². The van der Waals surface area contributed by atoms with Gasteiger partial charge in [-0.3, -0.25) is 14.6 Å². The van der Waals surface area contributed by atoms with Crippen LogP contribution in [0.2, 0.25) is 0 Å². The van der Waals surface area contributed by atoms with Crippen molar-refractivity contribution in [3.63, 3.8) is 0 Å². The number of nitrogens with one attached hydrogen (secondary N) is 1. The highest BCUT2D eigenvalue weighted by Gasteiger charge is 2.19. The van der Waals surface area contributed by atoms with Gasteiger partial charge in [0.1, 0.15) is 5.69 Å². The zero-order valence-corrected chi connectivity index (χ0v) is 15.5. The third-order valence-electron chi connectivity index (χ3n) is 5.25. The van der Waals surface area contributed by atoms with Crippen LogP contribution in [0.4, 0.5) is 0 Å². The van der Waals surface area contributed by atoms with Crippen LogP contribution in [-0.4, -0.2) is 41.3 Å². The molecule has 1 fully saturated rings. The van der Waals surface area contributed by atoms with Crippen molar-refractivity contribution in [3.05, 3.63) is 41.2 Å². The van der Waals surface area contributed by atoms with Crippen LogP contribution < -0.4 is 5.32 Å². The third kappa shape index (κ3) is 5.16. The smallest absolute Gasteiger partial charge is 0.272 e. The molecule has 2 heterocycles. The number of amides is 2. The zero-order chi connectivity index (χ0) is 18.2. The van der Waals surface area contributed by atoms with Crippen molar-refractivity contribution in [1.29, 1.82) is 0 Å². The van der Waals surface area contributed by atoms with Crippen LogP contribution >= 0.6 is 0 Å². The minimum absolute atomic E-state index is 0.0612. The van der Waals surface area contributed by atoms with E-state index in [-0.39, 0.29) is 11.8 Å². The van der Waals surface area contributed by atoms with E-state index in [1.165, 1.54) is 31.3 Å². The van der Waals surface area contributed by atoms with Gasteiger partial charge < -0.3 is 10.2 Å². The number of likely N-dealkylation sites (tertiary alicyclic amines) is 1. The lowest BCUT2D eigenvalue weighted by Crippen LogP contribution is -2.33. The van der Waals surface area contributed by atoms with Crippen LogP contribution in [0.25, 0.3) is 0 Å². The fourth-order valence-corrected chi connectivity index (χ4v) is 3.69. The van der Waals surface area contributed by atoms with Crippen LogP contribution in [0.15, 0.2) is 30.0 Å². The lowest BCUT2D eigenvalue weighted by atomic mass is 9.97. The van der Waals surface area contributed by atoms with Crippen molar-refractivity contribution in [2.45, 2.75) is 57.8 Å². The molecule has 1 aromatic rings. The minimum Gasteiger partial charge on any atom is -0.352 e. The van der Waals surface area contributed by atoms with Gasteiger partial charge >= 0.3 is 0 Å². The summed E-state index contributed by atoms with van der Waals surface area (Å²) >= 11 is 0. The number of carbonyl (C=O) groups excluding carboxylic acids is 2. The Labute approximate surface area is 155 Å². The van der Waals surface area contributed by atoms with Crippen molar-refractivity contribution < 1.29 is 9.59 Å². The molecule has 0 spiro atoms. The molecule has 0 atom stereocenters. The van der Waals surface area contributed by atoms with Crippen molar-refractivity contribution in [3.8, 4) is 0 Å². The van der Waals surface area contributed by atoms with Crippen LogP contribution in [-0.2, 0) is 0 Å². The molecule has 5 nitrogen and oxygen atoms in total. The largest absolute Gasteiger partial charge is 0.352 e. The number of rotatable bonds is 5. The van der Waals surface area contributed by atoms with Crippen LogP contribution in [0.5, 0.6) is 0 Å². The quantitative estimate of drug-likeness (QED) is 0.819. The van der Waals surface area contributed by atoms with Gasteiger partial charge in [0.2, 0.25) is 0 Å². The third-order valence-corrected chi connectivity index (χ3v) is 5.25. The standard InChI is InChI=1S/C21H29N3O2/c25-20(23-12-10-17-8-4-3-5-9-17)18-11-13-22-19(16-18)21(26)24-14-6-1-2-7-15-24/h8,11,13,16H,1-7,9-10,12,14-15H2,(H,23,25). The van der Waals surface area contributed by atoms with E-state index in [2.05, 4.69) is 16.4 Å². The Bertz CT molecular complexity index is 661. The summed E-state index contributed by atoms with van der Waals surface area (Å²) in [7, 11) is 0. The van der Waals surface area contributed by atoms with Gasteiger partial charge in [-0.15, -0.1) is 0 Å². The number of hydrogen-bond donors (Lipinski definition) is 1. The Morgan fingerprint density at radius 1 is 1.08 bits per heavy atom. The van der Waals surface area contributed by atoms with E-state index in [1.54, 1.807) is 18.3 Å². The first-order valence-corrected chi connectivity index (χ1v) is 9.95. The van der Waals surface area contributed by atoms with E-state index < -0.39 is 0 Å². The van der Waals surface area contributed by atoms with Crippen LogP contribution in [0.3, 0.4) is 0 Å². The molecule has 0 unspecified atom stereocenters.